The number of halogens is 3. The number of aliphatic hydroxyl groups excluding tert-OH is 1. The van der Waals surface area contributed by atoms with Gasteiger partial charge in [0.25, 0.3) is 5.91 Å². The molecule has 0 aliphatic rings. The predicted molar refractivity (Wildman–Crippen MR) is 86.9 cm³/mol. The van der Waals surface area contributed by atoms with Crippen molar-refractivity contribution in [3.63, 3.8) is 0 Å². The molecular weight excluding hydrogens is 333 g/mol. The summed E-state index contributed by atoms with van der Waals surface area (Å²) in [7, 11) is 0. The number of aromatic nitrogens is 1. The minimum atomic E-state index is -4.54. The van der Waals surface area contributed by atoms with E-state index in [0.717, 1.165) is 23.9 Å². The van der Waals surface area contributed by atoms with E-state index in [1.165, 1.54) is 0 Å². The number of nitrogens with one attached hydrogen (secondary N) is 1. The number of hydrogen-bond acceptors (Lipinski definition) is 3. The molecule has 134 valence electrons. The smallest absolute Gasteiger partial charge is 0.396 e. The number of pyridine rings is 1. The molecule has 0 bridgehead atoms. The third-order valence-corrected chi connectivity index (χ3v) is 3.85. The van der Waals surface area contributed by atoms with Crippen molar-refractivity contribution in [2.24, 2.45) is 5.41 Å². The van der Waals surface area contributed by atoms with Crippen molar-refractivity contribution in [2.75, 3.05) is 13.2 Å². The molecule has 0 unspecified atom stereocenters. The molecule has 0 aliphatic carbocycles. The Bertz CT molecular complexity index is 703. The van der Waals surface area contributed by atoms with Crippen LogP contribution in [-0.4, -0.2) is 29.1 Å². The van der Waals surface area contributed by atoms with E-state index in [0.29, 0.717) is 6.42 Å². The van der Waals surface area contributed by atoms with E-state index in [4.69, 9.17) is 0 Å². The van der Waals surface area contributed by atoms with Gasteiger partial charge >= 0.3 is 6.18 Å². The summed E-state index contributed by atoms with van der Waals surface area (Å²) in [6.07, 6.45) is -3.10. The Hall–Kier alpha value is -2.41. The zero-order chi connectivity index (χ0) is 18.5. The van der Waals surface area contributed by atoms with Crippen molar-refractivity contribution in [1.82, 2.24) is 10.3 Å². The van der Waals surface area contributed by atoms with E-state index in [1.54, 1.807) is 0 Å². The standard InChI is InChI=1S/C18H19F3N2O2/c1-17(12-24,9-13-5-3-2-4-6-13)11-23-16(25)14-7-8-15(22-10-14)18(19,20)21/h2-8,10,24H,9,11-12H2,1H3,(H,23,25)/t17-/m1/s1. The molecule has 1 atom stereocenters. The molecule has 2 aromatic rings. The van der Waals surface area contributed by atoms with Gasteiger partial charge in [-0.3, -0.25) is 9.78 Å². The van der Waals surface area contributed by atoms with Crippen molar-refractivity contribution in [3.05, 3.63) is 65.5 Å². The number of carbonyl (C=O) groups excluding carboxylic acids is 1. The molecule has 1 amide bonds. The summed E-state index contributed by atoms with van der Waals surface area (Å²) in [4.78, 5) is 15.4. The Morgan fingerprint density at radius 1 is 1.16 bits per heavy atom. The lowest BCUT2D eigenvalue weighted by atomic mass is 9.84. The molecule has 0 spiro atoms. The van der Waals surface area contributed by atoms with Crippen LogP contribution in [0.3, 0.4) is 0 Å². The second kappa shape index (κ2) is 7.65. The molecule has 1 aromatic heterocycles. The minimum Gasteiger partial charge on any atom is -0.396 e. The van der Waals surface area contributed by atoms with Crippen molar-refractivity contribution in [1.29, 1.82) is 0 Å². The molecule has 2 rings (SSSR count). The number of benzene rings is 1. The molecular formula is C18H19F3N2O2. The molecule has 1 heterocycles. The van der Waals surface area contributed by atoms with Gasteiger partial charge in [-0.1, -0.05) is 37.3 Å². The first-order valence-corrected chi connectivity index (χ1v) is 7.70. The van der Waals surface area contributed by atoms with Crippen LogP contribution in [0, 0.1) is 5.41 Å². The molecule has 1 aromatic carbocycles. The first-order chi connectivity index (χ1) is 11.7. The second-order valence-corrected chi connectivity index (χ2v) is 6.24. The highest BCUT2D eigenvalue weighted by Gasteiger charge is 2.32. The van der Waals surface area contributed by atoms with Crippen molar-refractivity contribution >= 4 is 5.91 Å². The Kier molecular flexibility index (Phi) is 5.79. The Balaban J connectivity index is 1.99. The van der Waals surface area contributed by atoms with Gasteiger partial charge in [-0.25, -0.2) is 0 Å². The van der Waals surface area contributed by atoms with E-state index in [9.17, 15) is 23.1 Å². The van der Waals surface area contributed by atoms with Crippen LogP contribution in [0.1, 0.15) is 28.5 Å². The van der Waals surface area contributed by atoms with Crippen molar-refractivity contribution in [2.45, 2.75) is 19.5 Å². The molecule has 2 N–H and O–H groups in total. The maximum Gasteiger partial charge on any atom is 0.433 e. The third-order valence-electron chi connectivity index (χ3n) is 3.85. The highest BCUT2D eigenvalue weighted by atomic mass is 19.4. The van der Waals surface area contributed by atoms with Crippen LogP contribution in [-0.2, 0) is 12.6 Å². The zero-order valence-electron chi connectivity index (χ0n) is 13.7. The average Bonchev–Trinajstić information content (AvgIpc) is 2.60. The number of aliphatic hydroxyl groups is 1. The SMILES string of the molecule is C[C@](CO)(CNC(=O)c1ccc(C(F)(F)F)nc1)Cc1ccccc1. The quantitative estimate of drug-likeness (QED) is 0.840. The van der Waals surface area contributed by atoms with Crippen molar-refractivity contribution in [3.8, 4) is 0 Å². The maximum atomic E-state index is 12.5. The van der Waals surface area contributed by atoms with Crippen molar-refractivity contribution < 1.29 is 23.1 Å². The fourth-order valence-corrected chi connectivity index (χ4v) is 2.35. The molecule has 0 saturated heterocycles. The molecule has 0 radical (unpaired) electrons. The summed E-state index contributed by atoms with van der Waals surface area (Å²) in [5.74, 6) is -0.533. The number of nitrogens with zero attached hydrogens (tertiary/aromatic N) is 1. The monoisotopic (exact) mass is 352 g/mol. The van der Waals surface area contributed by atoms with Gasteiger partial charge in [-0.05, 0) is 24.1 Å². The first kappa shape index (κ1) is 18.9. The number of hydrogen-bond donors (Lipinski definition) is 2. The van der Waals surface area contributed by atoms with Crippen LogP contribution in [0.5, 0.6) is 0 Å². The molecule has 25 heavy (non-hydrogen) atoms. The lowest BCUT2D eigenvalue weighted by Gasteiger charge is -2.27. The molecule has 0 aliphatic heterocycles. The highest BCUT2D eigenvalue weighted by Crippen LogP contribution is 2.27. The van der Waals surface area contributed by atoms with Crippen LogP contribution in [0.4, 0.5) is 13.2 Å². The number of alkyl halides is 3. The van der Waals surface area contributed by atoms with E-state index >= 15 is 0 Å². The summed E-state index contributed by atoms with van der Waals surface area (Å²) in [6.45, 7) is 1.86. The molecule has 7 heteroatoms. The topological polar surface area (TPSA) is 62.2 Å². The zero-order valence-corrected chi connectivity index (χ0v) is 13.7. The van der Waals surface area contributed by atoms with Crippen LogP contribution >= 0.6 is 0 Å². The summed E-state index contributed by atoms with van der Waals surface area (Å²) in [5.41, 5.74) is -0.582. The van der Waals surface area contributed by atoms with E-state index in [-0.39, 0.29) is 18.7 Å². The van der Waals surface area contributed by atoms with Crippen LogP contribution in [0.2, 0.25) is 0 Å². The fraction of sp³-hybridized carbons (Fsp3) is 0.333. The van der Waals surface area contributed by atoms with Gasteiger partial charge < -0.3 is 10.4 Å². The van der Waals surface area contributed by atoms with Gasteiger partial charge in [-0.2, -0.15) is 13.2 Å². The van der Waals surface area contributed by atoms with Gasteiger partial charge in [0.05, 0.1) is 12.2 Å². The Morgan fingerprint density at radius 3 is 2.36 bits per heavy atom. The number of amides is 1. The summed E-state index contributed by atoms with van der Waals surface area (Å²) in [5, 5.41) is 12.3. The van der Waals surface area contributed by atoms with E-state index < -0.39 is 23.2 Å². The van der Waals surface area contributed by atoms with Crippen LogP contribution in [0.15, 0.2) is 48.7 Å². The van der Waals surface area contributed by atoms with Gasteiger partial charge in [0, 0.05) is 18.2 Å². The molecule has 0 saturated carbocycles. The lowest BCUT2D eigenvalue weighted by molar-refractivity contribution is -0.141. The summed E-state index contributed by atoms with van der Waals surface area (Å²) >= 11 is 0. The largest absolute Gasteiger partial charge is 0.433 e. The molecule has 4 nitrogen and oxygen atoms in total. The fourth-order valence-electron chi connectivity index (χ4n) is 2.35. The highest BCUT2D eigenvalue weighted by molar-refractivity contribution is 5.93. The third kappa shape index (κ3) is 5.29. The predicted octanol–water partition coefficient (Wildman–Crippen LogP) is 3.07. The van der Waals surface area contributed by atoms with Gasteiger partial charge in [-0.15, -0.1) is 0 Å². The Morgan fingerprint density at radius 2 is 1.84 bits per heavy atom. The number of rotatable bonds is 6. The van der Waals surface area contributed by atoms with Crippen LogP contribution in [0.25, 0.3) is 0 Å². The maximum absolute atomic E-state index is 12.5. The summed E-state index contributed by atoms with van der Waals surface area (Å²) in [6, 6.07) is 11.4. The van der Waals surface area contributed by atoms with Gasteiger partial charge in [0.1, 0.15) is 5.69 Å². The van der Waals surface area contributed by atoms with E-state index in [1.807, 2.05) is 37.3 Å². The minimum absolute atomic E-state index is 0.0352. The van der Waals surface area contributed by atoms with Gasteiger partial charge in [0.15, 0.2) is 0 Å². The van der Waals surface area contributed by atoms with Gasteiger partial charge in [0.2, 0.25) is 0 Å². The molecule has 0 fully saturated rings. The van der Waals surface area contributed by atoms with E-state index in [2.05, 4.69) is 10.3 Å². The normalized spacial score (nSPS) is 14.0. The van der Waals surface area contributed by atoms with Crippen LogP contribution < -0.4 is 5.32 Å². The summed E-state index contributed by atoms with van der Waals surface area (Å²) < 4.78 is 37.5. The second-order valence-electron chi connectivity index (χ2n) is 6.24. The first-order valence-electron chi connectivity index (χ1n) is 7.70. The lowest BCUT2D eigenvalue weighted by Crippen LogP contribution is -2.39. The number of carbonyl (C=O) groups is 1. The Labute approximate surface area is 143 Å². The average molecular weight is 352 g/mol.